The highest BCUT2D eigenvalue weighted by molar-refractivity contribution is 5.73. The number of pyridine rings is 1. The molecule has 3 aromatic rings. The molecule has 1 unspecified atom stereocenters. The molecule has 0 spiro atoms. The number of carbonyl (C=O) groups is 1. The van der Waals surface area contributed by atoms with Gasteiger partial charge in [-0.3, -0.25) is 14.3 Å². The molecule has 1 aliphatic carbocycles. The van der Waals surface area contributed by atoms with Crippen molar-refractivity contribution in [3.63, 3.8) is 0 Å². The van der Waals surface area contributed by atoms with Crippen LogP contribution in [0.15, 0.2) is 24.7 Å². The molecule has 2 aliphatic rings. The molecule has 0 radical (unpaired) electrons. The van der Waals surface area contributed by atoms with E-state index >= 15 is 0 Å². The Labute approximate surface area is 187 Å². The second-order valence-electron chi connectivity index (χ2n) is 8.56. The van der Waals surface area contributed by atoms with E-state index in [0.29, 0.717) is 18.4 Å². The number of anilines is 1. The summed E-state index contributed by atoms with van der Waals surface area (Å²) in [6.45, 7) is 6.06. The van der Waals surface area contributed by atoms with Crippen LogP contribution in [0.25, 0.3) is 17.1 Å². The molecule has 1 N–H and O–H groups in total. The van der Waals surface area contributed by atoms with Gasteiger partial charge in [0.25, 0.3) is 0 Å². The average molecular weight is 433 g/mol. The van der Waals surface area contributed by atoms with Crippen LogP contribution in [-0.2, 0) is 11.3 Å². The molecule has 32 heavy (non-hydrogen) atoms. The van der Waals surface area contributed by atoms with E-state index in [2.05, 4.69) is 36.9 Å². The van der Waals surface area contributed by atoms with Crippen LogP contribution in [0, 0.1) is 6.92 Å². The van der Waals surface area contributed by atoms with Crippen molar-refractivity contribution in [3.8, 4) is 17.1 Å². The summed E-state index contributed by atoms with van der Waals surface area (Å²) in [6.07, 6.45) is 11.1. The third kappa shape index (κ3) is 3.41. The van der Waals surface area contributed by atoms with Crippen molar-refractivity contribution < 1.29 is 4.79 Å². The van der Waals surface area contributed by atoms with Crippen molar-refractivity contribution in [1.29, 1.82) is 0 Å². The van der Waals surface area contributed by atoms with Crippen molar-refractivity contribution in [2.75, 3.05) is 4.90 Å². The van der Waals surface area contributed by atoms with Gasteiger partial charge in [0.1, 0.15) is 11.5 Å². The van der Waals surface area contributed by atoms with Crippen LogP contribution < -0.4 is 10.2 Å². The van der Waals surface area contributed by atoms with E-state index in [9.17, 15) is 4.79 Å². The summed E-state index contributed by atoms with van der Waals surface area (Å²) < 4.78 is 2.10. The van der Waals surface area contributed by atoms with E-state index in [1.807, 2.05) is 19.2 Å². The fourth-order valence-electron chi connectivity index (χ4n) is 5.00. The zero-order chi connectivity index (χ0) is 22.2. The Morgan fingerprint density at radius 3 is 2.78 bits per heavy atom. The average Bonchev–Trinajstić information content (AvgIpc) is 3.47. The standard InChI is InChI=1S/C23H28N8O/c1-4-19-23-29-28-14(2)30(23)20-13-26-21(27-22(20)31(19)17-7-5-6-8-17)18-9-10-24-11-16(18)12-25-15(3)32/h9-11,13,17,19H,4-8,12H2,1-3H3,(H,25,32). The highest BCUT2D eigenvalue weighted by Gasteiger charge is 2.39. The van der Waals surface area contributed by atoms with Crippen LogP contribution >= 0.6 is 0 Å². The van der Waals surface area contributed by atoms with Gasteiger partial charge in [0.2, 0.25) is 5.91 Å². The van der Waals surface area contributed by atoms with Crippen LogP contribution in [0.2, 0.25) is 0 Å². The van der Waals surface area contributed by atoms with Crippen molar-refractivity contribution in [2.45, 2.75) is 71.5 Å². The smallest absolute Gasteiger partial charge is 0.217 e. The van der Waals surface area contributed by atoms with Gasteiger partial charge in [0, 0.05) is 43.0 Å². The molecular formula is C23H28N8O. The third-order valence-corrected chi connectivity index (χ3v) is 6.50. The van der Waals surface area contributed by atoms with E-state index in [1.165, 1.54) is 19.8 Å². The summed E-state index contributed by atoms with van der Waals surface area (Å²) in [5.41, 5.74) is 2.70. The Morgan fingerprint density at radius 2 is 2.03 bits per heavy atom. The van der Waals surface area contributed by atoms with Gasteiger partial charge in [0.05, 0.1) is 12.2 Å². The number of rotatable bonds is 5. The molecule has 4 heterocycles. The maximum Gasteiger partial charge on any atom is 0.217 e. The Hall–Kier alpha value is -3.36. The highest BCUT2D eigenvalue weighted by atomic mass is 16.1. The summed E-state index contributed by atoms with van der Waals surface area (Å²) in [5.74, 6) is 3.30. The van der Waals surface area contributed by atoms with E-state index in [4.69, 9.17) is 9.97 Å². The van der Waals surface area contributed by atoms with E-state index in [1.54, 1.807) is 12.4 Å². The molecule has 3 aromatic heterocycles. The van der Waals surface area contributed by atoms with E-state index < -0.39 is 0 Å². The number of hydrogen-bond acceptors (Lipinski definition) is 7. The maximum atomic E-state index is 11.5. The normalized spacial score (nSPS) is 17.8. The number of amides is 1. The number of fused-ring (bicyclic) bond motifs is 3. The molecule has 0 saturated heterocycles. The number of hydrogen-bond donors (Lipinski definition) is 1. The molecule has 1 atom stereocenters. The van der Waals surface area contributed by atoms with Crippen molar-refractivity contribution in [3.05, 3.63) is 41.9 Å². The van der Waals surface area contributed by atoms with Crippen LogP contribution in [0.3, 0.4) is 0 Å². The van der Waals surface area contributed by atoms with E-state index in [0.717, 1.165) is 53.5 Å². The minimum absolute atomic E-state index is 0.0834. The largest absolute Gasteiger partial charge is 0.352 e. The second-order valence-corrected chi connectivity index (χ2v) is 8.56. The monoisotopic (exact) mass is 432 g/mol. The first-order chi connectivity index (χ1) is 15.6. The summed E-state index contributed by atoms with van der Waals surface area (Å²) in [4.78, 5) is 28.0. The van der Waals surface area contributed by atoms with Crippen molar-refractivity contribution in [2.24, 2.45) is 0 Å². The number of nitrogens with one attached hydrogen (secondary N) is 1. The SMILES string of the molecule is CCC1c2nnc(C)n2-c2cnc(-c3ccncc3CNC(C)=O)nc2N1C1CCCC1. The van der Waals surface area contributed by atoms with Gasteiger partial charge < -0.3 is 10.2 Å². The minimum atomic E-state index is -0.0834. The number of nitrogens with zero attached hydrogens (tertiary/aromatic N) is 7. The van der Waals surface area contributed by atoms with Crippen LogP contribution in [0.4, 0.5) is 5.82 Å². The predicted octanol–water partition coefficient (Wildman–Crippen LogP) is 3.28. The lowest BCUT2D eigenvalue weighted by Crippen LogP contribution is -2.42. The fraction of sp³-hybridized carbons (Fsp3) is 0.478. The summed E-state index contributed by atoms with van der Waals surface area (Å²) in [6, 6.07) is 2.48. The lowest BCUT2D eigenvalue weighted by Gasteiger charge is -2.41. The minimum Gasteiger partial charge on any atom is -0.352 e. The molecule has 0 bridgehead atoms. The van der Waals surface area contributed by atoms with Gasteiger partial charge in [0.15, 0.2) is 17.5 Å². The van der Waals surface area contributed by atoms with Crippen LogP contribution in [0.5, 0.6) is 0 Å². The first kappa shape index (κ1) is 20.5. The molecule has 1 saturated carbocycles. The van der Waals surface area contributed by atoms with Gasteiger partial charge in [-0.2, -0.15) is 0 Å². The molecule has 5 rings (SSSR count). The Kier molecular flexibility index (Phi) is 5.32. The first-order valence-corrected chi connectivity index (χ1v) is 11.3. The maximum absolute atomic E-state index is 11.5. The van der Waals surface area contributed by atoms with Gasteiger partial charge in [-0.25, -0.2) is 9.97 Å². The number of aromatic nitrogens is 6. The molecule has 0 aromatic carbocycles. The zero-order valence-corrected chi connectivity index (χ0v) is 18.7. The quantitative estimate of drug-likeness (QED) is 0.660. The molecule has 166 valence electrons. The molecule has 9 heteroatoms. The highest BCUT2D eigenvalue weighted by Crippen LogP contribution is 2.43. The van der Waals surface area contributed by atoms with Crippen molar-refractivity contribution in [1.82, 2.24) is 35.0 Å². The number of carbonyl (C=O) groups excluding carboxylic acids is 1. The zero-order valence-electron chi connectivity index (χ0n) is 18.7. The lowest BCUT2D eigenvalue weighted by molar-refractivity contribution is -0.119. The van der Waals surface area contributed by atoms with Gasteiger partial charge in [-0.1, -0.05) is 19.8 Å². The lowest BCUT2D eigenvalue weighted by atomic mass is 10.0. The Bertz CT molecular complexity index is 1150. The van der Waals surface area contributed by atoms with Gasteiger partial charge in [-0.15, -0.1) is 10.2 Å². The topological polar surface area (TPSA) is 102 Å². The van der Waals surface area contributed by atoms with E-state index in [-0.39, 0.29) is 11.9 Å². The van der Waals surface area contributed by atoms with Crippen molar-refractivity contribution >= 4 is 11.7 Å². The third-order valence-electron chi connectivity index (χ3n) is 6.50. The summed E-state index contributed by atoms with van der Waals surface area (Å²) in [7, 11) is 0. The molecule has 1 fully saturated rings. The Balaban J connectivity index is 1.65. The molecule has 1 amide bonds. The summed E-state index contributed by atoms with van der Waals surface area (Å²) >= 11 is 0. The summed E-state index contributed by atoms with van der Waals surface area (Å²) in [5, 5.41) is 11.8. The molecule has 1 aliphatic heterocycles. The Morgan fingerprint density at radius 1 is 1.22 bits per heavy atom. The fourth-order valence-corrected chi connectivity index (χ4v) is 5.00. The van der Waals surface area contributed by atoms with Gasteiger partial charge >= 0.3 is 0 Å². The van der Waals surface area contributed by atoms with Crippen LogP contribution in [0.1, 0.15) is 69.2 Å². The molecular weight excluding hydrogens is 404 g/mol. The second kappa shape index (κ2) is 8.29. The molecule has 9 nitrogen and oxygen atoms in total. The van der Waals surface area contributed by atoms with Gasteiger partial charge in [-0.05, 0) is 32.3 Å². The van der Waals surface area contributed by atoms with Crippen LogP contribution in [-0.4, -0.2) is 41.7 Å². The number of aryl methyl sites for hydroxylation is 1. The first-order valence-electron chi connectivity index (χ1n) is 11.3. The predicted molar refractivity (Wildman–Crippen MR) is 120 cm³/mol.